The van der Waals surface area contributed by atoms with E-state index in [9.17, 15) is 4.79 Å². The number of amides is 1. The van der Waals surface area contributed by atoms with E-state index in [0.717, 1.165) is 5.56 Å². The first kappa shape index (κ1) is 19.3. The molecule has 0 atom stereocenters. The van der Waals surface area contributed by atoms with Crippen LogP contribution in [0.15, 0.2) is 28.8 Å². The molecule has 2 N–H and O–H groups in total. The van der Waals surface area contributed by atoms with E-state index in [1.807, 2.05) is 0 Å². The van der Waals surface area contributed by atoms with Crippen LogP contribution in [0.3, 0.4) is 0 Å². The number of rotatable bonds is 7. The zero-order valence-electron chi connectivity index (χ0n) is 15.0. The predicted octanol–water partition coefficient (Wildman–Crippen LogP) is 3.83. The van der Waals surface area contributed by atoms with Gasteiger partial charge in [0.25, 0.3) is 5.91 Å². The van der Waals surface area contributed by atoms with Crippen molar-refractivity contribution in [3.63, 3.8) is 0 Å². The molecule has 2 aromatic rings. The Hall–Kier alpha value is -2.05. The molecule has 7 heteroatoms. The van der Waals surface area contributed by atoms with E-state index in [0.29, 0.717) is 41.9 Å². The summed E-state index contributed by atoms with van der Waals surface area (Å²) < 4.78 is 10.5. The van der Waals surface area contributed by atoms with E-state index in [4.69, 9.17) is 20.9 Å². The summed E-state index contributed by atoms with van der Waals surface area (Å²) in [5.74, 6) is 0.567. The molecule has 2 rings (SSSR count). The minimum absolute atomic E-state index is 0.0309. The van der Waals surface area contributed by atoms with Crippen molar-refractivity contribution < 1.29 is 14.1 Å². The molecule has 0 saturated heterocycles. The summed E-state index contributed by atoms with van der Waals surface area (Å²) in [6.07, 6.45) is 0. The monoisotopic (exact) mass is 365 g/mol. The SMILES string of the molecule is COCCNc1noc(-c2ccc(Cl)cc2)c1C(=O)NCC(C)(C)C. The predicted molar refractivity (Wildman–Crippen MR) is 99.1 cm³/mol. The van der Waals surface area contributed by atoms with E-state index in [-0.39, 0.29) is 11.3 Å². The number of ether oxygens (including phenoxy) is 1. The first-order chi connectivity index (χ1) is 11.8. The first-order valence-electron chi connectivity index (χ1n) is 8.08. The van der Waals surface area contributed by atoms with Gasteiger partial charge in [-0.1, -0.05) is 37.5 Å². The molecule has 0 bridgehead atoms. The van der Waals surface area contributed by atoms with Gasteiger partial charge in [-0.3, -0.25) is 4.79 Å². The third-order valence-corrected chi connectivity index (χ3v) is 3.66. The minimum Gasteiger partial charge on any atom is -0.383 e. The average molecular weight is 366 g/mol. The van der Waals surface area contributed by atoms with Gasteiger partial charge in [-0.15, -0.1) is 0 Å². The molecular formula is C18H24ClN3O3. The summed E-state index contributed by atoms with van der Waals surface area (Å²) in [4.78, 5) is 12.8. The van der Waals surface area contributed by atoms with E-state index in [2.05, 4.69) is 36.6 Å². The van der Waals surface area contributed by atoms with Crippen molar-refractivity contribution in [3.05, 3.63) is 34.9 Å². The highest BCUT2D eigenvalue weighted by Crippen LogP contribution is 2.30. The Kier molecular flexibility index (Phi) is 6.45. The molecule has 0 aliphatic rings. The number of hydrogen-bond acceptors (Lipinski definition) is 5. The lowest BCUT2D eigenvalue weighted by Crippen LogP contribution is -2.32. The highest BCUT2D eigenvalue weighted by molar-refractivity contribution is 6.30. The van der Waals surface area contributed by atoms with Gasteiger partial charge >= 0.3 is 0 Å². The molecule has 1 heterocycles. The molecule has 1 aromatic carbocycles. The average Bonchev–Trinajstić information content (AvgIpc) is 2.97. The van der Waals surface area contributed by atoms with Crippen LogP contribution in [0.25, 0.3) is 11.3 Å². The van der Waals surface area contributed by atoms with Gasteiger partial charge in [0.2, 0.25) is 0 Å². The van der Waals surface area contributed by atoms with Crippen molar-refractivity contribution >= 4 is 23.3 Å². The fourth-order valence-electron chi connectivity index (χ4n) is 2.13. The zero-order valence-corrected chi connectivity index (χ0v) is 15.7. The van der Waals surface area contributed by atoms with Gasteiger partial charge in [-0.25, -0.2) is 0 Å². The number of carbonyl (C=O) groups excluding carboxylic acids is 1. The molecule has 0 spiro atoms. The lowest BCUT2D eigenvalue weighted by atomic mass is 9.97. The fraction of sp³-hybridized carbons (Fsp3) is 0.444. The summed E-state index contributed by atoms with van der Waals surface area (Å²) in [5, 5.41) is 10.6. The van der Waals surface area contributed by atoms with Crippen molar-refractivity contribution in [1.29, 1.82) is 0 Å². The van der Waals surface area contributed by atoms with Gasteiger partial charge in [0.1, 0.15) is 5.56 Å². The van der Waals surface area contributed by atoms with Crippen LogP contribution < -0.4 is 10.6 Å². The van der Waals surface area contributed by atoms with Crippen LogP contribution in [-0.2, 0) is 4.74 Å². The highest BCUT2D eigenvalue weighted by Gasteiger charge is 2.25. The summed E-state index contributed by atoms with van der Waals surface area (Å²) in [7, 11) is 1.61. The number of methoxy groups -OCH3 is 1. The van der Waals surface area contributed by atoms with Gasteiger partial charge in [-0.05, 0) is 29.7 Å². The van der Waals surface area contributed by atoms with Crippen molar-refractivity contribution in [2.45, 2.75) is 20.8 Å². The van der Waals surface area contributed by atoms with E-state index in [1.54, 1.807) is 31.4 Å². The molecule has 0 aliphatic heterocycles. The van der Waals surface area contributed by atoms with Crippen molar-refractivity contribution in [2.24, 2.45) is 5.41 Å². The standard InChI is InChI=1S/C18H24ClN3O3/c1-18(2,3)11-21-17(23)14-15(12-5-7-13(19)8-6-12)25-22-16(14)20-9-10-24-4/h5-8H,9-11H2,1-4H3,(H,20,22)(H,21,23). The number of carbonyl (C=O) groups is 1. The summed E-state index contributed by atoms with van der Waals surface area (Å²) in [6.45, 7) is 7.71. The summed E-state index contributed by atoms with van der Waals surface area (Å²) in [5.41, 5.74) is 1.08. The maximum absolute atomic E-state index is 12.8. The van der Waals surface area contributed by atoms with Crippen molar-refractivity contribution in [3.8, 4) is 11.3 Å². The largest absolute Gasteiger partial charge is 0.383 e. The Morgan fingerprint density at radius 3 is 2.56 bits per heavy atom. The van der Waals surface area contributed by atoms with Crippen LogP contribution in [0.5, 0.6) is 0 Å². The number of halogens is 1. The number of nitrogens with zero attached hydrogens (tertiary/aromatic N) is 1. The van der Waals surface area contributed by atoms with Crippen molar-refractivity contribution in [2.75, 3.05) is 32.1 Å². The Morgan fingerprint density at radius 1 is 1.28 bits per heavy atom. The Bertz CT molecular complexity index is 705. The van der Waals surface area contributed by atoms with E-state index in [1.165, 1.54) is 0 Å². The second-order valence-corrected chi connectivity index (χ2v) is 7.34. The third-order valence-electron chi connectivity index (χ3n) is 3.40. The fourth-order valence-corrected chi connectivity index (χ4v) is 2.25. The highest BCUT2D eigenvalue weighted by atomic mass is 35.5. The Labute approximate surface area is 152 Å². The van der Waals surface area contributed by atoms with Crippen LogP contribution in [0.4, 0.5) is 5.82 Å². The van der Waals surface area contributed by atoms with Crippen LogP contribution in [0.2, 0.25) is 5.02 Å². The van der Waals surface area contributed by atoms with Crippen molar-refractivity contribution in [1.82, 2.24) is 10.5 Å². The lowest BCUT2D eigenvalue weighted by molar-refractivity contribution is 0.0940. The molecule has 0 fully saturated rings. The molecule has 0 aliphatic carbocycles. The maximum atomic E-state index is 12.8. The van der Waals surface area contributed by atoms with Crippen LogP contribution >= 0.6 is 11.6 Å². The molecule has 1 aromatic heterocycles. The Morgan fingerprint density at radius 2 is 1.96 bits per heavy atom. The topological polar surface area (TPSA) is 76.4 Å². The number of anilines is 1. The molecule has 6 nitrogen and oxygen atoms in total. The van der Waals surface area contributed by atoms with Gasteiger partial charge in [-0.2, -0.15) is 0 Å². The van der Waals surface area contributed by atoms with Crippen LogP contribution in [0.1, 0.15) is 31.1 Å². The van der Waals surface area contributed by atoms with Gasteiger partial charge < -0.3 is 19.9 Å². The summed E-state index contributed by atoms with van der Waals surface area (Å²) >= 11 is 5.94. The van der Waals surface area contributed by atoms with Gasteiger partial charge in [0.05, 0.1) is 6.61 Å². The molecule has 0 saturated carbocycles. The smallest absolute Gasteiger partial charge is 0.259 e. The molecule has 136 valence electrons. The third kappa shape index (κ3) is 5.47. The van der Waals surface area contributed by atoms with Gasteiger partial charge in [0, 0.05) is 30.8 Å². The van der Waals surface area contributed by atoms with Gasteiger partial charge in [0.15, 0.2) is 11.6 Å². The number of aromatic nitrogens is 1. The second kappa shape index (κ2) is 8.36. The Balaban J connectivity index is 2.32. The first-order valence-corrected chi connectivity index (χ1v) is 8.46. The number of hydrogen-bond donors (Lipinski definition) is 2. The van der Waals surface area contributed by atoms with E-state index >= 15 is 0 Å². The molecule has 0 radical (unpaired) electrons. The number of nitrogens with one attached hydrogen (secondary N) is 2. The molecule has 25 heavy (non-hydrogen) atoms. The lowest BCUT2D eigenvalue weighted by Gasteiger charge is -2.18. The summed E-state index contributed by atoms with van der Waals surface area (Å²) in [6, 6.07) is 7.08. The van der Waals surface area contributed by atoms with Crippen LogP contribution in [0, 0.1) is 5.41 Å². The molecular weight excluding hydrogens is 342 g/mol. The zero-order chi connectivity index (χ0) is 18.4. The van der Waals surface area contributed by atoms with E-state index < -0.39 is 0 Å². The normalized spacial score (nSPS) is 11.4. The molecule has 1 amide bonds. The molecule has 0 unspecified atom stereocenters. The van der Waals surface area contributed by atoms with Crippen LogP contribution in [-0.4, -0.2) is 37.9 Å². The number of benzene rings is 1. The maximum Gasteiger partial charge on any atom is 0.259 e. The second-order valence-electron chi connectivity index (χ2n) is 6.91. The minimum atomic E-state index is -0.235. The quantitative estimate of drug-likeness (QED) is 0.729.